The van der Waals surface area contributed by atoms with Gasteiger partial charge in [-0.25, -0.2) is 9.37 Å². The number of nitrogens with zero attached hydrogens (tertiary/aromatic N) is 1. The van der Waals surface area contributed by atoms with Gasteiger partial charge in [-0.3, -0.25) is 4.79 Å². The number of thiazole rings is 1. The number of ether oxygens (including phenoxy) is 1. The number of aromatic nitrogens is 1. The molecule has 1 atom stereocenters. The molecule has 20 heavy (non-hydrogen) atoms. The number of nitrogens with two attached hydrogens (primary N) is 1. The van der Waals surface area contributed by atoms with Gasteiger partial charge in [-0.2, -0.15) is 0 Å². The zero-order chi connectivity index (χ0) is 14.7. The molecule has 0 bridgehead atoms. The summed E-state index contributed by atoms with van der Waals surface area (Å²) in [6.45, 7) is 0. The second-order valence-electron chi connectivity index (χ2n) is 3.87. The highest BCUT2D eigenvalue weighted by Crippen LogP contribution is 2.26. The summed E-state index contributed by atoms with van der Waals surface area (Å²) in [6.07, 6.45) is 0. The molecule has 8 heteroatoms. The van der Waals surface area contributed by atoms with Crippen LogP contribution in [0.4, 0.5) is 15.2 Å². The van der Waals surface area contributed by atoms with Gasteiger partial charge in [0.2, 0.25) is 0 Å². The van der Waals surface area contributed by atoms with E-state index in [9.17, 15) is 9.18 Å². The maximum atomic E-state index is 13.5. The van der Waals surface area contributed by atoms with Crippen molar-refractivity contribution >= 4 is 28.1 Å². The summed E-state index contributed by atoms with van der Waals surface area (Å²) in [6, 6.07) is 3.20. The van der Waals surface area contributed by atoms with Gasteiger partial charge in [0.05, 0.1) is 12.8 Å². The molecule has 0 aliphatic rings. The Labute approximate surface area is 118 Å². The molecule has 0 amide bonds. The van der Waals surface area contributed by atoms with Crippen molar-refractivity contribution < 1.29 is 19.0 Å². The first-order valence-corrected chi connectivity index (χ1v) is 6.43. The number of carboxylic acid groups (broad SMARTS) is 1. The summed E-state index contributed by atoms with van der Waals surface area (Å²) in [5.74, 6) is -1.52. The van der Waals surface area contributed by atoms with E-state index in [0.717, 1.165) is 0 Å². The van der Waals surface area contributed by atoms with E-state index < -0.39 is 17.8 Å². The number of hydrogen-bond donors (Lipinski definition) is 3. The molecule has 1 aromatic heterocycles. The molecule has 2 aromatic rings. The van der Waals surface area contributed by atoms with Crippen molar-refractivity contribution in [3.8, 4) is 5.75 Å². The third kappa shape index (κ3) is 3.03. The number of methoxy groups -OCH3 is 1. The summed E-state index contributed by atoms with van der Waals surface area (Å²) < 4.78 is 18.3. The first-order valence-electron chi connectivity index (χ1n) is 5.55. The number of carboxylic acids is 1. The first kappa shape index (κ1) is 14.2. The maximum absolute atomic E-state index is 13.5. The molecule has 4 N–H and O–H groups in total. The molecule has 6 nitrogen and oxygen atoms in total. The molecule has 1 aromatic carbocycles. The monoisotopic (exact) mass is 297 g/mol. The lowest BCUT2D eigenvalue weighted by Crippen LogP contribution is -2.20. The summed E-state index contributed by atoms with van der Waals surface area (Å²) >= 11 is 1.19. The fourth-order valence-electron chi connectivity index (χ4n) is 1.48. The van der Waals surface area contributed by atoms with Crippen LogP contribution >= 0.6 is 11.3 Å². The SMILES string of the molecule is COc1ccc(Nc2nc(C(N)C(=O)O)cs2)cc1F. The molecule has 2 rings (SSSR count). The lowest BCUT2D eigenvalue weighted by Gasteiger charge is -2.06. The standard InChI is InChI=1S/C12H12FN3O3S/c1-19-9-3-2-6(4-7(9)13)15-12-16-8(5-20-12)10(14)11(17)18/h2-5,10H,14H2,1H3,(H,15,16)(H,17,18). The van der Waals surface area contributed by atoms with Crippen LogP contribution in [-0.2, 0) is 4.79 Å². The lowest BCUT2D eigenvalue weighted by molar-refractivity contribution is -0.138. The number of carbonyl (C=O) groups is 1. The van der Waals surface area contributed by atoms with Crippen LogP contribution < -0.4 is 15.8 Å². The molecular weight excluding hydrogens is 285 g/mol. The Morgan fingerprint density at radius 3 is 2.95 bits per heavy atom. The van der Waals surface area contributed by atoms with Crippen LogP contribution in [0.3, 0.4) is 0 Å². The van der Waals surface area contributed by atoms with Crippen LogP contribution in [0, 0.1) is 5.82 Å². The Morgan fingerprint density at radius 1 is 1.60 bits per heavy atom. The summed E-state index contributed by atoms with van der Waals surface area (Å²) in [7, 11) is 1.38. The van der Waals surface area contributed by atoms with Crippen LogP contribution in [0.15, 0.2) is 23.6 Å². The van der Waals surface area contributed by atoms with Crippen molar-refractivity contribution in [2.75, 3.05) is 12.4 Å². The van der Waals surface area contributed by atoms with Crippen molar-refractivity contribution in [1.29, 1.82) is 0 Å². The van der Waals surface area contributed by atoms with Gasteiger partial charge in [0.25, 0.3) is 0 Å². The number of halogens is 1. The molecule has 0 aliphatic carbocycles. The number of hydrogen-bond acceptors (Lipinski definition) is 6. The van der Waals surface area contributed by atoms with E-state index in [4.69, 9.17) is 15.6 Å². The van der Waals surface area contributed by atoms with Crippen LogP contribution in [-0.4, -0.2) is 23.2 Å². The Morgan fingerprint density at radius 2 is 2.35 bits per heavy atom. The maximum Gasteiger partial charge on any atom is 0.326 e. The highest BCUT2D eigenvalue weighted by molar-refractivity contribution is 7.13. The fraction of sp³-hybridized carbons (Fsp3) is 0.167. The van der Waals surface area contributed by atoms with E-state index >= 15 is 0 Å². The number of nitrogens with one attached hydrogen (secondary N) is 1. The van der Waals surface area contributed by atoms with Crippen molar-refractivity contribution in [2.45, 2.75) is 6.04 Å². The molecule has 1 unspecified atom stereocenters. The summed E-state index contributed by atoms with van der Waals surface area (Å²) in [5, 5.41) is 13.6. The van der Waals surface area contributed by atoms with Crippen LogP contribution in [0.5, 0.6) is 5.75 Å². The third-order valence-corrected chi connectivity index (χ3v) is 3.29. The van der Waals surface area contributed by atoms with Crippen molar-refractivity contribution in [3.63, 3.8) is 0 Å². The van der Waals surface area contributed by atoms with Gasteiger partial charge in [0.15, 0.2) is 16.7 Å². The summed E-state index contributed by atoms with van der Waals surface area (Å²) in [5.41, 5.74) is 6.18. The average molecular weight is 297 g/mol. The van der Waals surface area contributed by atoms with Gasteiger partial charge in [0, 0.05) is 17.1 Å². The Hall–Kier alpha value is -2.19. The van der Waals surface area contributed by atoms with Crippen molar-refractivity contribution in [3.05, 3.63) is 35.1 Å². The Bertz CT molecular complexity index is 632. The second kappa shape index (κ2) is 5.85. The molecule has 0 saturated heterocycles. The van der Waals surface area contributed by atoms with Crippen molar-refractivity contribution in [2.24, 2.45) is 5.73 Å². The van der Waals surface area contributed by atoms with Gasteiger partial charge < -0.3 is 20.9 Å². The van der Waals surface area contributed by atoms with Gasteiger partial charge in [0.1, 0.15) is 6.04 Å². The lowest BCUT2D eigenvalue weighted by atomic mass is 10.2. The third-order valence-electron chi connectivity index (χ3n) is 2.51. The van der Waals surface area contributed by atoms with Gasteiger partial charge >= 0.3 is 5.97 Å². The molecule has 0 spiro atoms. The normalized spacial score (nSPS) is 11.9. The predicted molar refractivity (Wildman–Crippen MR) is 72.9 cm³/mol. The van der Waals surface area contributed by atoms with E-state index in [0.29, 0.717) is 10.8 Å². The zero-order valence-electron chi connectivity index (χ0n) is 10.5. The van der Waals surface area contributed by atoms with Crippen LogP contribution in [0.2, 0.25) is 0 Å². The highest BCUT2D eigenvalue weighted by Gasteiger charge is 2.17. The van der Waals surface area contributed by atoms with E-state index in [1.165, 1.54) is 30.6 Å². The molecule has 0 aliphatic heterocycles. The molecule has 0 fully saturated rings. The van der Waals surface area contributed by atoms with Gasteiger partial charge in [-0.1, -0.05) is 0 Å². The van der Waals surface area contributed by atoms with E-state index in [2.05, 4.69) is 10.3 Å². The summed E-state index contributed by atoms with van der Waals surface area (Å²) in [4.78, 5) is 14.8. The number of rotatable bonds is 5. The van der Waals surface area contributed by atoms with Crippen LogP contribution in [0.25, 0.3) is 0 Å². The fourth-order valence-corrected chi connectivity index (χ4v) is 2.25. The zero-order valence-corrected chi connectivity index (χ0v) is 11.3. The Balaban J connectivity index is 2.14. The van der Waals surface area contributed by atoms with Crippen molar-refractivity contribution in [1.82, 2.24) is 4.98 Å². The molecule has 0 radical (unpaired) electrons. The minimum absolute atomic E-state index is 0.142. The van der Waals surface area contributed by atoms with E-state index in [-0.39, 0.29) is 11.4 Å². The number of anilines is 2. The highest BCUT2D eigenvalue weighted by atomic mass is 32.1. The number of benzene rings is 1. The Kier molecular flexibility index (Phi) is 4.16. The smallest absolute Gasteiger partial charge is 0.326 e. The van der Waals surface area contributed by atoms with E-state index in [1.54, 1.807) is 11.4 Å². The van der Waals surface area contributed by atoms with Gasteiger partial charge in [-0.05, 0) is 12.1 Å². The minimum Gasteiger partial charge on any atom is -0.494 e. The number of aliphatic carboxylic acids is 1. The molecule has 1 heterocycles. The molecular formula is C12H12FN3O3S. The topological polar surface area (TPSA) is 97.5 Å². The van der Waals surface area contributed by atoms with Crippen LogP contribution in [0.1, 0.15) is 11.7 Å². The average Bonchev–Trinajstić information content (AvgIpc) is 2.86. The quantitative estimate of drug-likeness (QED) is 0.782. The molecule has 106 valence electrons. The largest absolute Gasteiger partial charge is 0.494 e. The van der Waals surface area contributed by atoms with E-state index in [1.807, 2.05) is 0 Å². The van der Waals surface area contributed by atoms with Gasteiger partial charge in [-0.15, -0.1) is 11.3 Å². The second-order valence-corrected chi connectivity index (χ2v) is 4.73. The predicted octanol–water partition coefficient (Wildman–Crippen LogP) is 2.12. The molecule has 0 saturated carbocycles. The minimum atomic E-state index is -1.17. The first-order chi connectivity index (χ1) is 9.51.